The van der Waals surface area contributed by atoms with E-state index in [0.717, 1.165) is 12.8 Å². The van der Waals surface area contributed by atoms with E-state index in [4.69, 9.17) is 0 Å². The third-order valence-corrected chi connectivity index (χ3v) is 10.1. The lowest BCUT2D eigenvalue weighted by atomic mass is 9.73. The number of benzene rings is 7. The molecule has 0 saturated carbocycles. The third kappa shape index (κ3) is 3.55. The second kappa shape index (κ2) is 9.43. The second-order valence-corrected chi connectivity index (χ2v) is 12.0. The summed E-state index contributed by atoms with van der Waals surface area (Å²) in [6.07, 6.45) is 2.17. The molecule has 202 valence electrons. The van der Waals surface area contributed by atoms with Gasteiger partial charge < -0.3 is 0 Å². The van der Waals surface area contributed by atoms with Crippen molar-refractivity contribution < 1.29 is 0 Å². The van der Waals surface area contributed by atoms with Crippen molar-refractivity contribution in [2.75, 3.05) is 0 Å². The van der Waals surface area contributed by atoms with Crippen LogP contribution < -0.4 is 0 Å². The molecule has 7 aromatic carbocycles. The molecule has 0 aromatic heterocycles. The van der Waals surface area contributed by atoms with Crippen molar-refractivity contribution in [3.63, 3.8) is 0 Å². The molecule has 0 heterocycles. The SMILES string of the molecule is CCC1(CC)c2cc(-c3ccccc3)ccc2-c2ccc(-c3ccc4c(ccc5cc(C)c6ccccc6c54)c3)cc21. The fraction of sp³-hybridized carbons (Fsp3) is 0.143. The second-order valence-electron chi connectivity index (χ2n) is 12.0. The van der Waals surface area contributed by atoms with Crippen LogP contribution in [-0.4, -0.2) is 0 Å². The average Bonchev–Trinajstić information content (AvgIpc) is 3.33. The summed E-state index contributed by atoms with van der Waals surface area (Å²) in [7, 11) is 0. The summed E-state index contributed by atoms with van der Waals surface area (Å²) in [6.45, 7) is 6.94. The molecule has 0 amide bonds. The zero-order chi connectivity index (χ0) is 28.4. The van der Waals surface area contributed by atoms with E-state index >= 15 is 0 Å². The monoisotopic (exact) mass is 538 g/mol. The number of hydrogen-bond donors (Lipinski definition) is 0. The van der Waals surface area contributed by atoms with Crippen LogP contribution in [0.15, 0.2) is 127 Å². The first-order valence-corrected chi connectivity index (χ1v) is 15.3. The quantitative estimate of drug-likeness (QED) is 0.196. The van der Waals surface area contributed by atoms with Gasteiger partial charge in [0.1, 0.15) is 0 Å². The summed E-state index contributed by atoms with van der Waals surface area (Å²) in [5.41, 5.74) is 12.3. The minimum atomic E-state index is 0.0231. The van der Waals surface area contributed by atoms with Gasteiger partial charge >= 0.3 is 0 Å². The van der Waals surface area contributed by atoms with Gasteiger partial charge in [-0.25, -0.2) is 0 Å². The topological polar surface area (TPSA) is 0 Å². The molecule has 8 rings (SSSR count). The molecule has 0 N–H and O–H groups in total. The first kappa shape index (κ1) is 25.1. The average molecular weight is 539 g/mol. The Morgan fingerprint density at radius 2 is 1.02 bits per heavy atom. The summed E-state index contributed by atoms with van der Waals surface area (Å²) in [5.74, 6) is 0. The maximum absolute atomic E-state index is 2.49. The van der Waals surface area contributed by atoms with E-state index in [1.807, 2.05) is 0 Å². The molecule has 7 aromatic rings. The van der Waals surface area contributed by atoms with Crippen LogP contribution in [0.25, 0.3) is 65.7 Å². The molecule has 0 radical (unpaired) electrons. The summed E-state index contributed by atoms with van der Waals surface area (Å²) < 4.78 is 0. The molecule has 0 spiro atoms. The molecular weight excluding hydrogens is 504 g/mol. The molecule has 0 unspecified atom stereocenters. The first-order valence-electron chi connectivity index (χ1n) is 15.3. The Bertz CT molecular complexity index is 2160. The van der Waals surface area contributed by atoms with E-state index in [1.54, 1.807) is 0 Å². The molecule has 1 aliphatic rings. The number of rotatable bonds is 4. The smallest absolute Gasteiger partial charge is 0.0210 e. The molecule has 0 atom stereocenters. The zero-order valence-corrected chi connectivity index (χ0v) is 24.5. The highest BCUT2D eigenvalue weighted by Gasteiger charge is 2.40. The normalized spacial score (nSPS) is 13.5. The van der Waals surface area contributed by atoms with Gasteiger partial charge in [0.2, 0.25) is 0 Å². The zero-order valence-electron chi connectivity index (χ0n) is 24.5. The Morgan fingerprint density at radius 3 is 1.71 bits per heavy atom. The van der Waals surface area contributed by atoms with Gasteiger partial charge in [0.15, 0.2) is 0 Å². The van der Waals surface area contributed by atoms with Gasteiger partial charge in [-0.3, -0.25) is 0 Å². The van der Waals surface area contributed by atoms with E-state index in [9.17, 15) is 0 Å². The molecule has 0 bridgehead atoms. The molecular formula is C42H34. The van der Waals surface area contributed by atoms with Gasteiger partial charge in [0, 0.05) is 5.41 Å². The van der Waals surface area contributed by atoms with Gasteiger partial charge in [0.25, 0.3) is 0 Å². The molecule has 0 saturated heterocycles. The van der Waals surface area contributed by atoms with Crippen LogP contribution in [0.4, 0.5) is 0 Å². The van der Waals surface area contributed by atoms with Crippen molar-refractivity contribution in [2.24, 2.45) is 0 Å². The van der Waals surface area contributed by atoms with Crippen LogP contribution in [-0.2, 0) is 5.41 Å². The van der Waals surface area contributed by atoms with Crippen LogP contribution in [0.3, 0.4) is 0 Å². The minimum Gasteiger partial charge on any atom is -0.0642 e. The molecule has 0 fully saturated rings. The number of aryl methyl sites for hydroxylation is 1. The van der Waals surface area contributed by atoms with E-state index in [1.165, 1.54) is 82.4 Å². The highest BCUT2D eigenvalue weighted by Crippen LogP contribution is 2.54. The standard InChI is InChI=1S/C42H34/c1-4-42(5-2)39-25-30(28-11-7-6-8-12-28)18-21-36(39)37-22-19-31(26-40(37)42)29-17-20-35-32(24-29)15-16-33-23-27(3)34-13-9-10-14-38(34)41(33)35/h6-26H,4-5H2,1-3H3. The third-order valence-electron chi connectivity index (χ3n) is 10.1. The summed E-state index contributed by atoms with van der Waals surface area (Å²) in [6, 6.07) is 47.9. The summed E-state index contributed by atoms with van der Waals surface area (Å²) in [4.78, 5) is 0. The van der Waals surface area contributed by atoms with E-state index in [0.29, 0.717) is 0 Å². The molecule has 0 heteroatoms. The van der Waals surface area contributed by atoms with Crippen LogP contribution in [0.1, 0.15) is 43.4 Å². The van der Waals surface area contributed by atoms with Gasteiger partial charge in [-0.2, -0.15) is 0 Å². The van der Waals surface area contributed by atoms with Crippen molar-refractivity contribution in [2.45, 2.75) is 39.0 Å². The van der Waals surface area contributed by atoms with Crippen molar-refractivity contribution in [1.29, 1.82) is 0 Å². The Kier molecular flexibility index (Phi) is 5.63. The van der Waals surface area contributed by atoms with Crippen molar-refractivity contribution >= 4 is 32.3 Å². The maximum atomic E-state index is 2.49. The lowest BCUT2D eigenvalue weighted by molar-refractivity contribution is 0.491. The van der Waals surface area contributed by atoms with E-state index in [2.05, 4.69) is 148 Å². The highest BCUT2D eigenvalue weighted by molar-refractivity contribution is 6.21. The lowest BCUT2D eigenvalue weighted by Gasteiger charge is -2.30. The number of fused-ring (bicyclic) bond motifs is 8. The van der Waals surface area contributed by atoms with Crippen LogP contribution >= 0.6 is 0 Å². The number of hydrogen-bond acceptors (Lipinski definition) is 0. The molecule has 1 aliphatic carbocycles. The van der Waals surface area contributed by atoms with Crippen molar-refractivity contribution in [1.82, 2.24) is 0 Å². The first-order chi connectivity index (χ1) is 20.6. The van der Waals surface area contributed by atoms with Crippen LogP contribution in [0, 0.1) is 6.92 Å². The van der Waals surface area contributed by atoms with Crippen LogP contribution in [0.5, 0.6) is 0 Å². The Labute approximate surface area is 248 Å². The van der Waals surface area contributed by atoms with Crippen molar-refractivity contribution in [3.8, 4) is 33.4 Å². The molecule has 42 heavy (non-hydrogen) atoms. The lowest BCUT2D eigenvalue weighted by Crippen LogP contribution is -2.23. The fourth-order valence-electron chi connectivity index (χ4n) is 7.80. The summed E-state index contributed by atoms with van der Waals surface area (Å²) in [5, 5.41) is 7.97. The van der Waals surface area contributed by atoms with Gasteiger partial charge in [-0.1, -0.05) is 123 Å². The summed E-state index contributed by atoms with van der Waals surface area (Å²) >= 11 is 0. The molecule has 0 nitrogen and oxygen atoms in total. The predicted molar refractivity (Wildman–Crippen MR) is 181 cm³/mol. The highest BCUT2D eigenvalue weighted by atomic mass is 14.4. The molecule has 0 aliphatic heterocycles. The van der Waals surface area contributed by atoms with Crippen LogP contribution in [0.2, 0.25) is 0 Å². The Morgan fingerprint density at radius 1 is 0.452 bits per heavy atom. The van der Waals surface area contributed by atoms with E-state index < -0.39 is 0 Å². The Hall–Kier alpha value is -4.68. The van der Waals surface area contributed by atoms with Gasteiger partial charge in [-0.15, -0.1) is 0 Å². The minimum absolute atomic E-state index is 0.0231. The van der Waals surface area contributed by atoms with Crippen molar-refractivity contribution in [3.05, 3.63) is 144 Å². The predicted octanol–water partition coefficient (Wildman–Crippen LogP) is 11.9. The largest absolute Gasteiger partial charge is 0.0642 e. The maximum Gasteiger partial charge on any atom is 0.0210 e. The Balaban J connectivity index is 1.28. The van der Waals surface area contributed by atoms with Gasteiger partial charge in [-0.05, 0) is 120 Å². The van der Waals surface area contributed by atoms with Gasteiger partial charge in [0.05, 0.1) is 0 Å². The fourth-order valence-corrected chi connectivity index (χ4v) is 7.80. The van der Waals surface area contributed by atoms with E-state index in [-0.39, 0.29) is 5.41 Å².